The number of aliphatic carboxylic acids is 1. The van der Waals surface area contributed by atoms with Gasteiger partial charge in [-0.3, -0.25) is 5.10 Å². The number of para-hydroxylation sites is 1. The van der Waals surface area contributed by atoms with E-state index in [9.17, 15) is 9.90 Å². The number of H-pyrrole nitrogens is 1. The van der Waals surface area contributed by atoms with Gasteiger partial charge in [-0.05, 0) is 72.8 Å². The van der Waals surface area contributed by atoms with Crippen molar-refractivity contribution in [3.8, 4) is 11.4 Å². The topological polar surface area (TPSA) is 83.8 Å². The van der Waals surface area contributed by atoms with Crippen molar-refractivity contribution in [2.24, 2.45) is 0 Å². The number of aromatic nitrogens is 4. The Morgan fingerprint density at radius 2 is 1.85 bits per heavy atom. The molecule has 0 unspecified atom stereocenters. The number of aryl methyl sites for hydroxylation is 1. The van der Waals surface area contributed by atoms with Crippen LogP contribution in [0, 0.1) is 0 Å². The van der Waals surface area contributed by atoms with E-state index >= 15 is 0 Å². The van der Waals surface area contributed by atoms with E-state index in [0.717, 1.165) is 45.7 Å². The molecule has 0 saturated carbocycles. The van der Waals surface area contributed by atoms with E-state index in [1.54, 1.807) is 18.2 Å². The van der Waals surface area contributed by atoms with Crippen molar-refractivity contribution in [1.29, 1.82) is 0 Å². The first-order valence-electron chi connectivity index (χ1n) is 10.4. The van der Waals surface area contributed by atoms with Crippen LogP contribution < -0.4 is 0 Å². The molecule has 2 N–H and O–H groups in total. The first-order valence-corrected chi connectivity index (χ1v) is 11.5. The largest absolute Gasteiger partial charge is 0.477 e. The van der Waals surface area contributed by atoms with Crippen molar-refractivity contribution < 1.29 is 9.90 Å². The van der Waals surface area contributed by atoms with Crippen LogP contribution in [0.1, 0.15) is 12.5 Å². The maximum atomic E-state index is 12.0. The van der Waals surface area contributed by atoms with E-state index in [-0.39, 0.29) is 4.91 Å². The maximum Gasteiger partial charge on any atom is 0.342 e. The van der Waals surface area contributed by atoms with Crippen molar-refractivity contribution in [3.05, 3.63) is 82.2 Å². The van der Waals surface area contributed by atoms with Gasteiger partial charge in [-0.2, -0.15) is 0 Å². The van der Waals surface area contributed by atoms with Gasteiger partial charge in [0.05, 0.1) is 0 Å². The third-order valence-electron chi connectivity index (χ3n) is 5.40. The number of carboxylic acids is 1. The quantitative estimate of drug-likeness (QED) is 0.217. The highest BCUT2D eigenvalue weighted by Crippen LogP contribution is 2.32. The summed E-state index contributed by atoms with van der Waals surface area (Å²) >= 11 is 6.94. The number of nitrogens with zero attached hydrogens (tertiary/aromatic N) is 3. The number of rotatable bonds is 6. The van der Waals surface area contributed by atoms with Crippen molar-refractivity contribution in [3.63, 3.8) is 0 Å². The summed E-state index contributed by atoms with van der Waals surface area (Å²) in [4.78, 5) is 16.5. The van der Waals surface area contributed by atoms with Crippen molar-refractivity contribution >= 4 is 57.2 Å². The molecule has 0 saturated heterocycles. The summed E-state index contributed by atoms with van der Waals surface area (Å²) in [5.74, 6) is -0.485. The predicted molar refractivity (Wildman–Crippen MR) is 133 cm³/mol. The fourth-order valence-corrected chi connectivity index (χ4v) is 4.75. The fraction of sp³-hybridized carbons (Fsp3) is 0.0800. The van der Waals surface area contributed by atoms with Gasteiger partial charge in [0.15, 0.2) is 5.82 Å². The molecule has 8 heteroatoms. The van der Waals surface area contributed by atoms with Crippen LogP contribution in [0.15, 0.2) is 76.8 Å². The Labute approximate surface area is 198 Å². The number of thioether (sulfide) groups is 1. The molecule has 0 atom stereocenters. The summed E-state index contributed by atoms with van der Waals surface area (Å²) in [6.45, 7) is 2.98. The second kappa shape index (κ2) is 8.77. The van der Waals surface area contributed by atoms with Crippen LogP contribution in [0.5, 0.6) is 0 Å². The standard InChI is InChI=1S/C25H19ClN4O2S/c1-2-30-20-6-4-3-5-18(20)19-13-15(7-12-21(19)30)14-22(24(31)32)33-25-27-23(28-29-25)16-8-10-17(26)11-9-16/h3-14H,2H2,1H3,(H,31,32)(H,27,28,29)/b22-14-. The molecule has 0 aliphatic heterocycles. The molecule has 2 aromatic heterocycles. The summed E-state index contributed by atoms with van der Waals surface area (Å²) in [5, 5.41) is 20.0. The first-order chi connectivity index (χ1) is 16.0. The lowest BCUT2D eigenvalue weighted by atomic mass is 10.1. The van der Waals surface area contributed by atoms with Gasteiger partial charge in [-0.25, -0.2) is 9.78 Å². The SMILES string of the molecule is CCn1c2ccccc2c2cc(/C=C(\Sc3n[nH]c(-c4ccc(Cl)cc4)n3)C(=O)O)ccc21. The third kappa shape index (κ3) is 4.13. The smallest absolute Gasteiger partial charge is 0.342 e. The molecule has 0 aliphatic carbocycles. The minimum absolute atomic E-state index is 0.134. The second-order valence-corrected chi connectivity index (χ2v) is 8.87. The molecular weight excluding hydrogens is 456 g/mol. The number of aromatic amines is 1. The number of hydrogen-bond acceptors (Lipinski definition) is 4. The lowest BCUT2D eigenvalue weighted by Crippen LogP contribution is -1.97. The van der Waals surface area contributed by atoms with Gasteiger partial charge < -0.3 is 9.67 Å². The van der Waals surface area contributed by atoms with Crippen LogP contribution in [0.25, 0.3) is 39.3 Å². The molecule has 0 spiro atoms. The fourth-order valence-electron chi connectivity index (χ4n) is 3.92. The zero-order valence-corrected chi connectivity index (χ0v) is 19.2. The molecule has 5 aromatic rings. The average Bonchev–Trinajstić information content (AvgIpc) is 3.41. The van der Waals surface area contributed by atoms with Gasteiger partial charge in [0, 0.05) is 38.9 Å². The number of halogens is 1. The molecule has 0 bridgehead atoms. The van der Waals surface area contributed by atoms with E-state index in [2.05, 4.69) is 38.8 Å². The first kappa shape index (κ1) is 21.3. The Morgan fingerprint density at radius 3 is 2.61 bits per heavy atom. The minimum Gasteiger partial charge on any atom is -0.477 e. The Kier molecular flexibility index (Phi) is 5.66. The highest BCUT2D eigenvalue weighted by molar-refractivity contribution is 8.04. The summed E-state index contributed by atoms with van der Waals surface area (Å²) in [7, 11) is 0. The highest BCUT2D eigenvalue weighted by atomic mass is 35.5. The summed E-state index contributed by atoms with van der Waals surface area (Å²) in [5.41, 5.74) is 3.92. The normalized spacial score (nSPS) is 12.0. The zero-order chi connectivity index (χ0) is 22.9. The van der Waals surface area contributed by atoms with Gasteiger partial charge >= 0.3 is 5.97 Å². The van der Waals surface area contributed by atoms with Crippen LogP contribution in [-0.2, 0) is 11.3 Å². The van der Waals surface area contributed by atoms with Gasteiger partial charge in [-0.1, -0.05) is 35.9 Å². The molecule has 33 heavy (non-hydrogen) atoms. The van der Waals surface area contributed by atoms with Crippen molar-refractivity contribution in [2.45, 2.75) is 18.6 Å². The number of carboxylic acid groups (broad SMARTS) is 1. The van der Waals surface area contributed by atoms with Crippen LogP contribution >= 0.6 is 23.4 Å². The van der Waals surface area contributed by atoms with Crippen LogP contribution in [0.2, 0.25) is 5.02 Å². The Hall–Kier alpha value is -3.55. The Morgan fingerprint density at radius 1 is 1.09 bits per heavy atom. The van der Waals surface area contributed by atoms with E-state index in [4.69, 9.17) is 11.6 Å². The minimum atomic E-state index is -1.03. The van der Waals surface area contributed by atoms with Crippen LogP contribution in [0.3, 0.4) is 0 Å². The number of hydrogen-bond donors (Lipinski definition) is 2. The third-order valence-corrected chi connectivity index (χ3v) is 6.53. The van der Waals surface area contributed by atoms with E-state index in [1.807, 2.05) is 42.5 Å². The molecule has 0 amide bonds. The lowest BCUT2D eigenvalue weighted by Gasteiger charge is -2.03. The van der Waals surface area contributed by atoms with E-state index < -0.39 is 5.97 Å². The van der Waals surface area contributed by atoms with Gasteiger partial charge in [0.1, 0.15) is 4.91 Å². The van der Waals surface area contributed by atoms with Crippen molar-refractivity contribution in [1.82, 2.24) is 19.7 Å². The van der Waals surface area contributed by atoms with Crippen molar-refractivity contribution in [2.75, 3.05) is 0 Å². The number of benzene rings is 3. The molecule has 164 valence electrons. The molecule has 0 radical (unpaired) electrons. The van der Waals surface area contributed by atoms with Gasteiger partial charge in [0.25, 0.3) is 0 Å². The van der Waals surface area contributed by atoms with E-state index in [0.29, 0.717) is 16.0 Å². The number of nitrogens with one attached hydrogen (secondary N) is 1. The Bertz CT molecular complexity index is 1520. The Balaban J connectivity index is 1.49. The summed E-state index contributed by atoms with van der Waals surface area (Å²) < 4.78 is 2.26. The molecule has 2 heterocycles. The molecule has 6 nitrogen and oxygen atoms in total. The zero-order valence-electron chi connectivity index (χ0n) is 17.6. The molecule has 5 rings (SSSR count). The maximum absolute atomic E-state index is 12.0. The lowest BCUT2D eigenvalue weighted by molar-refractivity contribution is -0.131. The van der Waals surface area contributed by atoms with Gasteiger partial charge in [-0.15, -0.1) is 5.10 Å². The van der Waals surface area contributed by atoms with Crippen LogP contribution in [0.4, 0.5) is 0 Å². The highest BCUT2D eigenvalue weighted by Gasteiger charge is 2.15. The summed E-state index contributed by atoms with van der Waals surface area (Å²) in [6.07, 6.45) is 1.66. The average molecular weight is 475 g/mol. The molecule has 3 aromatic carbocycles. The van der Waals surface area contributed by atoms with Crippen LogP contribution in [-0.4, -0.2) is 30.8 Å². The number of carbonyl (C=O) groups is 1. The summed E-state index contributed by atoms with van der Waals surface area (Å²) in [6, 6.07) is 21.4. The van der Waals surface area contributed by atoms with Gasteiger partial charge in [0.2, 0.25) is 5.16 Å². The second-order valence-electron chi connectivity index (χ2n) is 7.43. The monoisotopic (exact) mass is 474 g/mol. The van der Waals surface area contributed by atoms with E-state index in [1.165, 1.54) is 5.52 Å². The molecule has 0 fully saturated rings. The predicted octanol–water partition coefficient (Wildman–Crippen LogP) is 6.47. The molecular formula is C25H19ClN4O2S. The number of fused-ring (bicyclic) bond motifs is 3. The molecule has 0 aliphatic rings.